The molecule has 7 heteroatoms. The number of hydroxylamine groups is 1. The fourth-order valence-electron chi connectivity index (χ4n) is 2.77. The predicted molar refractivity (Wildman–Crippen MR) is 103 cm³/mol. The highest BCUT2D eigenvalue weighted by Crippen LogP contribution is 2.17. The number of amides is 2. The third-order valence-corrected chi connectivity index (χ3v) is 4.04. The van der Waals surface area contributed by atoms with Crippen LogP contribution in [-0.4, -0.2) is 35.9 Å². The van der Waals surface area contributed by atoms with Crippen LogP contribution in [0.1, 0.15) is 32.3 Å². The Morgan fingerprint density at radius 2 is 1.81 bits per heavy atom. The van der Waals surface area contributed by atoms with Gasteiger partial charge in [0, 0.05) is 25.8 Å². The molecule has 1 aromatic rings. The van der Waals surface area contributed by atoms with Crippen LogP contribution in [-0.2, 0) is 20.8 Å². The van der Waals surface area contributed by atoms with Gasteiger partial charge in [0.25, 0.3) is 0 Å². The first-order chi connectivity index (χ1) is 12.9. The van der Waals surface area contributed by atoms with Crippen molar-refractivity contribution < 1.29 is 19.6 Å². The van der Waals surface area contributed by atoms with Gasteiger partial charge in [0.15, 0.2) is 5.78 Å². The van der Waals surface area contributed by atoms with E-state index in [1.54, 1.807) is 12.5 Å². The van der Waals surface area contributed by atoms with Crippen molar-refractivity contribution in [1.29, 1.82) is 0 Å². The van der Waals surface area contributed by atoms with Gasteiger partial charge in [-0.2, -0.15) is 0 Å². The lowest BCUT2D eigenvalue weighted by atomic mass is 9.92. The Morgan fingerprint density at radius 1 is 1.15 bits per heavy atom. The molecule has 4 N–H and O–H groups in total. The Labute approximate surface area is 160 Å². The molecule has 0 saturated heterocycles. The highest BCUT2D eigenvalue weighted by Gasteiger charge is 2.27. The first-order valence-electron chi connectivity index (χ1n) is 9.02. The summed E-state index contributed by atoms with van der Waals surface area (Å²) in [5, 5.41) is 14.3. The lowest BCUT2D eigenvalue weighted by Gasteiger charge is -2.22. The van der Waals surface area contributed by atoms with Crippen LogP contribution in [0.3, 0.4) is 0 Å². The van der Waals surface area contributed by atoms with E-state index in [9.17, 15) is 14.4 Å². The maximum absolute atomic E-state index is 12.7. The van der Waals surface area contributed by atoms with Crippen LogP contribution in [0.5, 0.6) is 0 Å². The van der Waals surface area contributed by atoms with E-state index in [4.69, 9.17) is 5.21 Å². The van der Waals surface area contributed by atoms with Crippen molar-refractivity contribution in [2.45, 2.75) is 39.2 Å². The lowest BCUT2D eigenvalue weighted by molar-refractivity contribution is -0.136. The van der Waals surface area contributed by atoms with Crippen LogP contribution in [0.4, 0.5) is 0 Å². The number of nitrogens with one attached hydrogen (secondary N) is 3. The maximum Gasteiger partial charge on any atom is 0.244 e. The monoisotopic (exact) mass is 375 g/mol. The number of hydrogen-bond donors (Lipinski definition) is 4. The van der Waals surface area contributed by atoms with Gasteiger partial charge in [-0.3, -0.25) is 19.6 Å². The normalized spacial score (nSPS) is 13.2. The molecular weight excluding hydrogens is 346 g/mol. The summed E-state index contributed by atoms with van der Waals surface area (Å²) in [6.07, 6.45) is 3.57. The van der Waals surface area contributed by atoms with Crippen LogP contribution >= 0.6 is 0 Å². The van der Waals surface area contributed by atoms with Gasteiger partial charge >= 0.3 is 0 Å². The van der Waals surface area contributed by atoms with Crippen molar-refractivity contribution in [3.8, 4) is 0 Å². The Morgan fingerprint density at radius 3 is 2.37 bits per heavy atom. The second kappa shape index (κ2) is 11.9. The largest absolute Gasteiger partial charge is 0.394 e. The van der Waals surface area contributed by atoms with Crippen LogP contribution in [0.2, 0.25) is 0 Å². The van der Waals surface area contributed by atoms with Crippen molar-refractivity contribution in [1.82, 2.24) is 16.1 Å². The zero-order valence-electron chi connectivity index (χ0n) is 16.1. The molecule has 7 nitrogen and oxygen atoms in total. The molecule has 0 radical (unpaired) electrons. The summed E-state index contributed by atoms with van der Waals surface area (Å²) < 4.78 is 0. The topological polar surface area (TPSA) is 108 Å². The zero-order chi connectivity index (χ0) is 20.2. The standard InChI is InChI=1S/C20H29N3O4/c1-14(2)11-16(13-19(25)23-27)20(26)22-17(18(24)9-10-21-3)12-15-7-5-4-6-8-15/h4-10,14,16-17,21,27H,11-13H2,1-3H3,(H,22,26)(H,23,25)/b10-9+/t16-,17?/m1/s1. The van der Waals surface area contributed by atoms with Gasteiger partial charge in [-0.1, -0.05) is 44.2 Å². The molecule has 1 rings (SSSR count). The molecule has 2 atom stereocenters. The zero-order valence-corrected chi connectivity index (χ0v) is 16.1. The fourth-order valence-corrected chi connectivity index (χ4v) is 2.77. The van der Waals surface area contributed by atoms with Crippen molar-refractivity contribution >= 4 is 17.6 Å². The van der Waals surface area contributed by atoms with Crippen molar-refractivity contribution in [3.05, 3.63) is 48.2 Å². The van der Waals surface area contributed by atoms with Crippen LogP contribution in [0, 0.1) is 11.8 Å². The SMILES string of the molecule is CN/C=C/C(=O)C(Cc1ccccc1)NC(=O)[C@@H](CC(=O)NO)CC(C)C. The average molecular weight is 375 g/mol. The maximum atomic E-state index is 12.7. The Balaban J connectivity index is 2.95. The van der Waals surface area contributed by atoms with Gasteiger partial charge in [0.05, 0.1) is 6.04 Å². The van der Waals surface area contributed by atoms with E-state index in [0.29, 0.717) is 12.8 Å². The molecule has 0 fully saturated rings. The molecule has 0 aliphatic rings. The molecule has 1 unspecified atom stereocenters. The minimum absolute atomic E-state index is 0.140. The number of hydrogen-bond acceptors (Lipinski definition) is 5. The third-order valence-electron chi connectivity index (χ3n) is 4.04. The van der Waals surface area contributed by atoms with Crippen molar-refractivity contribution in [3.63, 3.8) is 0 Å². The Hall–Kier alpha value is -2.67. The van der Waals surface area contributed by atoms with Crippen LogP contribution in [0.25, 0.3) is 0 Å². The molecule has 0 aliphatic heterocycles. The molecule has 148 valence electrons. The highest BCUT2D eigenvalue weighted by atomic mass is 16.5. The molecular formula is C20H29N3O4. The molecule has 1 aromatic carbocycles. The summed E-state index contributed by atoms with van der Waals surface area (Å²) in [5.41, 5.74) is 2.48. The lowest BCUT2D eigenvalue weighted by Crippen LogP contribution is -2.45. The van der Waals surface area contributed by atoms with Gasteiger partial charge in [-0.05, 0) is 30.2 Å². The van der Waals surface area contributed by atoms with Crippen LogP contribution < -0.4 is 16.1 Å². The van der Waals surface area contributed by atoms with Crippen molar-refractivity contribution in [2.24, 2.45) is 11.8 Å². The quantitative estimate of drug-likeness (QED) is 0.267. The first kappa shape index (κ1) is 22.4. The van der Waals surface area contributed by atoms with Crippen molar-refractivity contribution in [2.75, 3.05) is 7.05 Å². The minimum Gasteiger partial charge on any atom is -0.394 e. The van der Waals surface area contributed by atoms with E-state index in [1.165, 1.54) is 12.3 Å². The van der Waals surface area contributed by atoms with E-state index in [0.717, 1.165) is 5.56 Å². The first-order valence-corrected chi connectivity index (χ1v) is 9.02. The molecule has 0 spiro atoms. The molecule has 0 saturated carbocycles. The number of ketones is 1. The molecule has 0 bridgehead atoms. The van der Waals surface area contributed by atoms with Gasteiger partial charge in [0.2, 0.25) is 11.8 Å². The van der Waals surface area contributed by atoms with E-state index in [1.807, 2.05) is 44.2 Å². The second-order valence-electron chi connectivity index (χ2n) is 6.84. The summed E-state index contributed by atoms with van der Waals surface area (Å²) >= 11 is 0. The summed E-state index contributed by atoms with van der Waals surface area (Å²) in [4.78, 5) is 36.8. The minimum atomic E-state index is -0.739. The molecule has 0 aromatic heterocycles. The van der Waals surface area contributed by atoms with Gasteiger partial charge in [-0.25, -0.2) is 5.48 Å². The highest BCUT2D eigenvalue weighted by molar-refractivity contribution is 5.97. The number of rotatable bonds is 11. The summed E-state index contributed by atoms with van der Waals surface area (Å²) in [5.74, 6) is -1.69. The number of carbonyl (C=O) groups excluding carboxylic acids is 3. The van der Waals surface area contributed by atoms with Gasteiger partial charge in [-0.15, -0.1) is 0 Å². The van der Waals surface area contributed by atoms with Gasteiger partial charge in [0.1, 0.15) is 0 Å². The number of benzene rings is 1. The number of carbonyl (C=O) groups is 3. The van der Waals surface area contributed by atoms with E-state index in [2.05, 4.69) is 10.6 Å². The van der Waals surface area contributed by atoms with Crippen LogP contribution in [0.15, 0.2) is 42.6 Å². The molecule has 0 aliphatic carbocycles. The summed E-state index contributed by atoms with van der Waals surface area (Å²) in [6.45, 7) is 3.89. The predicted octanol–water partition coefficient (Wildman–Crippen LogP) is 1.57. The summed E-state index contributed by atoms with van der Waals surface area (Å²) in [7, 11) is 1.68. The Bertz CT molecular complexity index is 644. The fraction of sp³-hybridized carbons (Fsp3) is 0.450. The van der Waals surface area contributed by atoms with E-state index >= 15 is 0 Å². The smallest absolute Gasteiger partial charge is 0.244 e. The second-order valence-corrected chi connectivity index (χ2v) is 6.84. The average Bonchev–Trinajstić information content (AvgIpc) is 2.65. The molecule has 2 amide bonds. The van der Waals surface area contributed by atoms with E-state index in [-0.39, 0.29) is 24.0 Å². The molecule has 27 heavy (non-hydrogen) atoms. The van der Waals surface area contributed by atoms with Gasteiger partial charge < -0.3 is 10.6 Å². The van der Waals surface area contributed by atoms with E-state index < -0.39 is 17.9 Å². The summed E-state index contributed by atoms with van der Waals surface area (Å²) in [6, 6.07) is 8.66. The Kier molecular flexibility index (Phi) is 9.82. The molecule has 0 heterocycles. The third kappa shape index (κ3) is 8.50.